The van der Waals surface area contributed by atoms with Gasteiger partial charge in [-0.05, 0) is 11.5 Å². The maximum atomic E-state index is 11.7. The second-order valence-corrected chi connectivity index (χ2v) is 7.86. The van der Waals surface area contributed by atoms with Crippen LogP contribution in [0.15, 0.2) is 75.8 Å². The van der Waals surface area contributed by atoms with E-state index >= 15 is 0 Å². The summed E-state index contributed by atoms with van der Waals surface area (Å²) in [6.45, 7) is 0. The number of nitrogens with zero attached hydrogens (tertiary/aromatic N) is 2. The van der Waals surface area contributed by atoms with Crippen LogP contribution in [0.5, 0.6) is 11.5 Å². The van der Waals surface area contributed by atoms with Gasteiger partial charge < -0.3 is 10.2 Å². The van der Waals surface area contributed by atoms with Gasteiger partial charge in [-0.2, -0.15) is 8.42 Å². The molecule has 0 atom stereocenters. The van der Waals surface area contributed by atoms with Gasteiger partial charge in [-0.25, -0.2) is 0 Å². The zero-order valence-electron chi connectivity index (χ0n) is 15.2. The van der Waals surface area contributed by atoms with Crippen LogP contribution in [0, 0.1) is 0 Å². The van der Waals surface area contributed by atoms with E-state index in [0.29, 0.717) is 17.1 Å². The van der Waals surface area contributed by atoms with E-state index < -0.39 is 20.8 Å². The molecule has 4 aromatic carbocycles. The first-order chi connectivity index (χ1) is 14.3. The Bertz CT molecular complexity index is 1460. The first kappa shape index (κ1) is 19.5. The molecule has 0 radical (unpaired) electrons. The lowest BCUT2D eigenvalue weighted by Crippen LogP contribution is -1.99. The Morgan fingerprint density at radius 2 is 1.40 bits per heavy atom. The Labute approximate surface area is 170 Å². The molecular weight excluding hydrogens is 408 g/mol. The number of carbonyl (C=O) groups is 1. The monoisotopic (exact) mass is 422 g/mol. The molecular formula is C21H14N2O6S. The molecule has 30 heavy (non-hydrogen) atoms. The van der Waals surface area contributed by atoms with E-state index in [1.165, 1.54) is 18.2 Å². The normalized spacial score (nSPS) is 12.0. The molecule has 0 saturated carbocycles. The zero-order valence-corrected chi connectivity index (χ0v) is 16.0. The molecule has 9 heteroatoms. The summed E-state index contributed by atoms with van der Waals surface area (Å²) in [5.74, 6) is -0.897. The molecule has 150 valence electrons. The quantitative estimate of drug-likeness (QED) is 0.244. The second-order valence-electron chi connectivity index (χ2n) is 6.47. The molecule has 4 rings (SSSR count). The van der Waals surface area contributed by atoms with Crippen LogP contribution in [0.1, 0.15) is 10.4 Å². The molecule has 0 bridgehead atoms. The minimum absolute atomic E-state index is 0.0255. The number of azo groups is 1. The highest BCUT2D eigenvalue weighted by molar-refractivity contribution is 7.86. The topological polar surface area (TPSA) is 137 Å². The number of hydrogen-bond acceptors (Lipinski definition) is 7. The zero-order chi connectivity index (χ0) is 21.5. The molecule has 0 spiro atoms. The minimum atomic E-state index is -4.59. The van der Waals surface area contributed by atoms with Gasteiger partial charge in [0.25, 0.3) is 10.1 Å². The fourth-order valence-corrected chi connectivity index (χ4v) is 3.98. The fourth-order valence-electron chi connectivity index (χ4n) is 3.26. The van der Waals surface area contributed by atoms with Crippen molar-refractivity contribution in [2.24, 2.45) is 10.2 Å². The Hall–Kier alpha value is -3.82. The van der Waals surface area contributed by atoms with E-state index in [0.717, 1.165) is 6.07 Å². The third-order valence-corrected chi connectivity index (χ3v) is 5.53. The highest BCUT2D eigenvalue weighted by atomic mass is 32.2. The highest BCUT2D eigenvalue weighted by Gasteiger charge is 2.20. The molecule has 0 aliphatic rings. The predicted octanol–water partition coefficient (Wildman–Crippen LogP) is 4.88. The molecule has 0 heterocycles. The van der Waals surface area contributed by atoms with Gasteiger partial charge in [-0.1, -0.05) is 48.5 Å². The van der Waals surface area contributed by atoms with Gasteiger partial charge in [0.1, 0.15) is 22.0 Å². The Balaban J connectivity index is 1.98. The average Bonchev–Trinajstić information content (AvgIpc) is 2.72. The molecule has 0 aromatic heterocycles. The maximum absolute atomic E-state index is 11.7. The number of hydrogen-bond donors (Lipinski definition) is 3. The standard InChI is InChI=1S/C21H14N2O6S/c24-11-13-9-12-5-1-2-6-14(12)20(21(13)26)23-22-19-16-8-4-3-7-15(16)18(10-17(19)25)30(27,28)29/h1-11,25-26H,(H,27,28,29). The van der Waals surface area contributed by atoms with Gasteiger partial charge in [0.2, 0.25) is 0 Å². The number of carbonyl (C=O) groups excluding carboxylic acids is 1. The van der Waals surface area contributed by atoms with Crippen molar-refractivity contribution in [3.05, 3.63) is 66.2 Å². The van der Waals surface area contributed by atoms with Crippen molar-refractivity contribution in [2.45, 2.75) is 4.90 Å². The lowest BCUT2D eigenvalue weighted by Gasteiger charge is -2.09. The Morgan fingerprint density at radius 3 is 2.07 bits per heavy atom. The number of phenols is 2. The van der Waals surface area contributed by atoms with Gasteiger partial charge in [-0.3, -0.25) is 9.35 Å². The fraction of sp³-hybridized carbons (Fsp3) is 0. The third kappa shape index (κ3) is 3.25. The molecule has 0 amide bonds. The number of rotatable bonds is 4. The summed E-state index contributed by atoms with van der Waals surface area (Å²) in [4.78, 5) is 10.8. The van der Waals surface area contributed by atoms with Crippen molar-refractivity contribution in [1.29, 1.82) is 0 Å². The SMILES string of the molecule is O=Cc1cc2ccccc2c(N=Nc2c(O)cc(S(=O)(=O)O)c3ccccc23)c1O. The molecule has 0 saturated heterocycles. The van der Waals surface area contributed by atoms with Gasteiger partial charge in [0.05, 0.1) is 5.56 Å². The summed E-state index contributed by atoms with van der Waals surface area (Å²) in [7, 11) is -4.59. The van der Waals surface area contributed by atoms with E-state index in [9.17, 15) is 28.0 Å². The highest BCUT2D eigenvalue weighted by Crippen LogP contribution is 2.42. The lowest BCUT2D eigenvalue weighted by atomic mass is 10.0. The number of benzene rings is 4. The van der Waals surface area contributed by atoms with Crippen LogP contribution >= 0.6 is 0 Å². The van der Waals surface area contributed by atoms with Crippen molar-refractivity contribution < 1.29 is 28.0 Å². The van der Waals surface area contributed by atoms with Crippen LogP contribution in [-0.4, -0.2) is 29.5 Å². The molecule has 3 N–H and O–H groups in total. The van der Waals surface area contributed by atoms with E-state index in [-0.39, 0.29) is 33.5 Å². The summed E-state index contributed by atoms with van der Waals surface area (Å²) in [5, 5.41) is 30.5. The Morgan fingerprint density at radius 1 is 0.800 bits per heavy atom. The van der Waals surface area contributed by atoms with E-state index in [4.69, 9.17) is 0 Å². The van der Waals surface area contributed by atoms with Crippen molar-refractivity contribution in [3.8, 4) is 11.5 Å². The van der Waals surface area contributed by atoms with Gasteiger partial charge >= 0.3 is 0 Å². The molecule has 4 aromatic rings. The number of fused-ring (bicyclic) bond motifs is 2. The first-order valence-corrected chi connectivity index (χ1v) is 10.1. The van der Waals surface area contributed by atoms with Crippen LogP contribution in [0.25, 0.3) is 21.5 Å². The Kier molecular flexibility index (Phi) is 4.69. The summed E-state index contributed by atoms with van der Waals surface area (Å²) < 4.78 is 32.8. The summed E-state index contributed by atoms with van der Waals surface area (Å²) in [6.07, 6.45) is 0.495. The molecule has 0 aliphatic carbocycles. The van der Waals surface area contributed by atoms with Gasteiger partial charge in [0.15, 0.2) is 12.0 Å². The molecule has 0 fully saturated rings. The van der Waals surface area contributed by atoms with E-state index in [2.05, 4.69) is 10.2 Å². The average molecular weight is 422 g/mol. The van der Waals surface area contributed by atoms with Crippen molar-refractivity contribution in [1.82, 2.24) is 0 Å². The minimum Gasteiger partial charge on any atom is -0.506 e. The van der Waals surface area contributed by atoms with Crippen LogP contribution < -0.4 is 0 Å². The number of aldehydes is 1. The maximum Gasteiger partial charge on any atom is 0.295 e. The number of phenolic OH excluding ortho intramolecular Hbond substituents is 2. The molecule has 0 aliphatic heterocycles. The van der Waals surface area contributed by atoms with Crippen molar-refractivity contribution >= 4 is 49.3 Å². The molecule has 0 unspecified atom stereocenters. The van der Waals surface area contributed by atoms with Crippen LogP contribution in [-0.2, 0) is 10.1 Å². The van der Waals surface area contributed by atoms with Crippen LogP contribution in [0.4, 0.5) is 11.4 Å². The van der Waals surface area contributed by atoms with E-state index in [1.807, 2.05) is 0 Å². The van der Waals surface area contributed by atoms with Crippen molar-refractivity contribution in [2.75, 3.05) is 0 Å². The van der Waals surface area contributed by atoms with Crippen LogP contribution in [0.3, 0.4) is 0 Å². The third-order valence-electron chi connectivity index (χ3n) is 4.64. The first-order valence-electron chi connectivity index (χ1n) is 8.65. The summed E-state index contributed by atoms with van der Waals surface area (Å²) in [6, 6.07) is 15.5. The van der Waals surface area contributed by atoms with Crippen LogP contribution in [0.2, 0.25) is 0 Å². The van der Waals surface area contributed by atoms with Gasteiger partial charge in [-0.15, -0.1) is 10.2 Å². The predicted molar refractivity (Wildman–Crippen MR) is 111 cm³/mol. The molecule has 8 nitrogen and oxygen atoms in total. The summed E-state index contributed by atoms with van der Waals surface area (Å²) >= 11 is 0. The largest absolute Gasteiger partial charge is 0.506 e. The second kappa shape index (κ2) is 7.21. The smallest absolute Gasteiger partial charge is 0.295 e. The van der Waals surface area contributed by atoms with Crippen molar-refractivity contribution in [3.63, 3.8) is 0 Å². The lowest BCUT2D eigenvalue weighted by molar-refractivity contribution is 0.112. The van der Waals surface area contributed by atoms with Gasteiger partial charge in [0, 0.05) is 22.2 Å². The van der Waals surface area contributed by atoms with E-state index in [1.54, 1.807) is 36.4 Å². The summed E-state index contributed by atoms with van der Waals surface area (Å²) in [5.41, 5.74) is -0.00558. The number of aromatic hydroxyl groups is 2.